The maximum atomic E-state index is 13.0. The van der Waals surface area contributed by atoms with E-state index in [4.69, 9.17) is 4.74 Å². The Morgan fingerprint density at radius 2 is 1.66 bits per heavy atom. The maximum absolute atomic E-state index is 13.0. The Labute approximate surface area is 223 Å². The fraction of sp³-hybridized carbons (Fsp3) is 0.370. The third-order valence-corrected chi connectivity index (χ3v) is 8.08. The Hall–Kier alpha value is -3.54. The second-order valence-corrected chi connectivity index (χ2v) is 10.8. The molecule has 10 nitrogen and oxygen atoms in total. The lowest BCUT2D eigenvalue weighted by Crippen LogP contribution is -2.49. The third-order valence-electron chi connectivity index (χ3n) is 6.86. The van der Waals surface area contributed by atoms with Crippen LogP contribution >= 0.6 is 0 Å². The minimum absolute atomic E-state index is 0.195. The van der Waals surface area contributed by atoms with Crippen molar-refractivity contribution < 1.29 is 17.9 Å². The van der Waals surface area contributed by atoms with Gasteiger partial charge >= 0.3 is 0 Å². The van der Waals surface area contributed by atoms with Gasteiger partial charge in [-0.15, -0.1) is 0 Å². The number of rotatable bonds is 12. The Morgan fingerprint density at radius 1 is 0.974 bits per heavy atom. The first-order valence-electron chi connectivity index (χ1n) is 12.7. The van der Waals surface area contributed by atoms with Crippen molar-refractivity contribution in [3.8, 4) is 5.75 Å². The molecule has 0 aliphatic heterocycles. The molecule has 202 valence electrons. The van der Waals surface area contributed by atoms with E-state index in [9.17, 15) is 13.2 Å². The monoisotopic (exact) mass is 538 g/mol. The quantitative estimate of drug-likeness (QED) is 0.261. The Balaban J connectivity index is 1.34. The van der Waals surface area contributed by atoms with Crippen LogP contribution in [0.3, 0.4) is 0 Å². The van der Waals surface area contributed by atoms with E-state index < -0.39 is 10.2 Å². The zero-order valence-electron chi connectivity index (χ0n) is 21.4. The molecule has 0 spiro atoms. The van der Waals surface area contributed by atoms with Gasteiger partial charge in [-0.1, -0.05) is 42.5 Å². The Bertz CT molecular complexity index is 1280. The number of methoxy groups -OCH3 is 1. The summed E-state index contributed by atoms with van der Waals surface area (Å²) < 4.78 is 36.0. The molecule has 0 unspecified atom stereocenters. The second kappa shape index (κ2) is 12.8. The van der Waals surface area contributed by atoms with Gasteiger partial charge in [0.2, 0.25) is 5.95 Å². The summed E-state index contributed by atoms with van der Waals surface area (Å²) in [4.78, 5) is 21.1. The van der Waals surface area contributed by atoms with Crippen LogP contribution in [0, 0.1) is 0 Å². The first kappa shape index (κ1) is 27.5. The molecule has 1 amide bonds. The molecule has 11 heteroatoms. The highest BCUT2D eigenvalue weighted by molar-refractivity contribution is 7.87. The summed E-state index contributed by atoms with van der Waals surface area (Å²) in [5.74, 6) is 0.775. The number of hydrogen-bond acceptors (Lipinski definition) is 7. The van der Waals surface area contributed by atoms with Gasteiger partial charge in [0.15, 0.2) is 0 Å². The van der Waals surface area contributed by atoms with Crippen LogP contribution in [0.4, 0.5) is 5.95 Å². The average Bonchev–Trinajstić information content (AvgIpc) is 2.96. The Morgan fingerprint density at radius 3 is 2.37 bits per heavy atom. The molecule has 1 fully saturated rings. The normalized spacial score (nSPS) is 19.4. The van der Waals surface area contributed by atoms with Gasteiger partial charge in [-0.3, -0.25) is 4.79 Å². The van der Waals surface area contributed by atoms with Crippen LogP contribution in [-0.2, 0) is 15.6 Å². The number of amides is 1. The van der Waals surface area contributed by atoms with Gasteiger partial charge in [-0.05, 0) is 49.4 Å². The summed E-state index contributed by atoms with van der Waals surface area (Å²) in [5, 5.41) is 6.08. The summed E-state index contributed by atoms with van der Waals surface area (Å²) in [5.41, 5.74) is 1.32. The number of benzene rings is 2. The fourth-order valence-corrected chi connectivity index (χ4v) is 5.96. The van der Waals surface area contributed by atoms with Crippen molar-refractivity contribution in [2.45, 2.75) is 37.1 Å². The number of nitrogens with one attached hydrogen (secondary N) is 4. The van der Waals surface area contributed by atoms with Crippen LogP contribution in [0.15, 0.2) is 73.1 Å². The number of carbonyl (C=O) groups is 1. The molecule has 1 aliphatic rings. The van der Waals surface area contributed by atoms with Gasteiger partial charge in [0.05, 0.1) is 12.7 Å². The molecule has 0 radical (unpaired) electrons. The molecule has 4 N–H and O–H groups in total. The highest BCUT2D eigenvalue weighted by Gasteiger charge is 2.38. The van der Waals surface area contributed by atoms with E-state index in [-0.39, 0.29) is 23.9 Å². The molecular weight excluding hydrogens is 504 g/mol. The standard InChI is InChI=1S/C27H34N6O4S/c1-37-24-11-6-5-10-23(24)25(34)31-20-27(21-8-3-2-4-9-21)14-12-22(13-15-27)33-38(35,36)32-19-18-30-26-28-16-7-17-29-26/h2-11,16-17,22,32-33H,12-15,18-20H2,1H3,(H,31,34)(H,28,29,30). The molecule has 1 aromatic heterocycles. The van der Waals surface area contributed by atoms with E-state index in [1.807, 2.05) is 24.3 Å². The zero-order valence-corrected chi connectivity index (χ0v) is 22.2. The molecule has 0 atom stereocenters. The minimum atomic E-state index is -3.67. The molecule has 0 bridgehead atoms. The minimum Gasteiger partial charge on any atom is -0.496 e. The van der Waals surface area contributed by atoms with Crippen molar-refractivity contribution in [2.24, 2.45) is 0 Å². The number of aromatic nitrogens is 2. The number of hydrogen-bond donors (Lipinski definition) is 4. The maximum Gasteiger partial charge on any atom is 0.277 e. The number of para-hydroxylation sites is 1. The van der Waals surface area contributed by atoms with Crippen LogP contribution in [0.5, 0.6) is 5.75 Å². The van der Waals surface area contributed by atoms with Crippen molar-refractivity contribution in [3.05, 3.63) is 84.2 Å². The topological polar surface area (TPSA) is 134 Å². The van der Waals surface area contributed by atoms with Crippen LogP contribution < -0.4 is 24.8 Å². The van der Waals surface area contributed by atoms with E-state index in [1.54, 1.807) is 43.8 Å². The van der Waals surface area contributed by atoms with Crippen molar-refractivity contribution >= 4 is 22.1 Å². The largest absolute Gasteiger partial charge is 0.496 e. The predicted molar refractivity (Wildman–Crippen MR) is 146 cm³/mol. The molecule has 2 aromatic carbocycles. The van der Waals surface area contributed by atoms with Crippen LogP contribution in [0.1, 0.15) is 41.6 Å². The molecule has 1 aliphatic carbocycles. The number of ether oxygens (including phenoxy) is 1. The average molecular weight is 539 g/mol. The van der Waals surface area contributed by atoms with Crippen LogP contribution in [-0.4, -0.2) is 57.1 Å². The lowest BCUT2D eigenvalue weighted by atomic mass is 9.68. The predicted octanol–water partition coefficient (Wildman–Crippen LogP) is 2.63. The first-order chi connectivity index (χ1) is 18.4. The summed E-state index contributed by atoms with van der Waals surface area (Å²) in [6, 6.07) is 18.8. The lowest BCUT2D eigenvalue weighted by molar-refractivity contribution is 0.0932. The van der Waals surface area contributed by atoms with Crippen LogP contribution in [0.25, 0.3) is 0 Å². The molecule has 1 saturated carbocycles. The summed E-state index contributed by atoms with van der Waals surface area (Å²) in [6.45, 7) is 1.00. The van der Waals surface area contributed by atoms with E-state index in [2.05, 4.69) is 42.2 Å². The van der Waals surface area contributed by atoms with Crippen molar-refractivity contribution in [2.75, 3.05) is 32.1 Å². The molecule has 1 heterocycles. The number of anilines is 1. The second-order valence-electron chi connectivity index (χ2n) is 9.32. The number of carbonyl (C=O) groups excluding carboxylic acids is 1. The smallest absolute Gasteiger partial charge is 0.277 e. The van der Waals surface area contributed by atoms with E-state index in [0.717, 1.165) is 18.4 Å². The Kier molecular flexibility index (Phi) is 9.27. The van der Waals surface area contributed by atoms with Crippen molar-refractivity contribution in [1.29, 1.82) is 0 Å². The van der Waals surface area contributed by atoms with Gasteiger partial charge < -0.3 is 15.4 Å². The molecule has 4 rings (SSSR count). The molecule has 0 saturated heterocycles. The summed E-state index contributed by atoms with van der Waals surface area (Å²) >= 11 is 0. The molecule has 3 aromatic rings. The van der Waals surface area contributed by atoms with E-state index in [1.165, 1.54) is 0 Å². The van der Waals surface area contributed by atoms with Crippen molar-refractivity contribution in [3.63, 3.8) is 0 Å². The highest BCUT2D eigenvalue weighted by atomic mass is 32.2. The fourth-order valence-electron chi connectivity index (χ4n) is 4.84. The molecular formula is C27H34N6O4S. The van der Waals surface area contributed by atoms with Crippen molar-refractivity contribution in [1.82, 2.24) is 24.7 Å². The van der Waals surface area contributed by atoms with E-state index in [0.29, 0.717) is 43.2 Å². The van der Waals surface area contributed by atoms with Gasteiger partial charge in [0, 0.05) is 43.5 Å². The summed E-state index contributed by atoms with van der Waals surface area (Å²) in [6.07, 6.45) is 5.98. The van der Waals surface area contributed by atoms with Gasteiger partial charge in [0.1, 0.15) is 5.75 Å². The highest BCUT2D eigenvalue weighted by Crippen LogP contribution is 2.39. The summed E-state index contributed by atoms with van der Waals surface area (Å²) in [7, 11) is -2.13. The zero-order chi connectivity index (χ0) is 26.8. The lowest BCUT2D eigenvalue weighted by Gasteiger charge is -2.41. The first-order valence-corrected chi connectivity index (χ1v) is 14.1. The number of nitrogens with zero attached hydrogens (tertiary/aromatic N) is 2. The third kappa shape index (κ3) is 7.27. The van der Waals surface area contributed by atoms with Gasteiger partial charge in [0.25, 0.3) is 16.1 Å². The van der Waals surface area contributed by atoms with Gasteiger partial charge in [-0.25, -0.2) is 14.7 Å². The molecule has 38 heavy (non-hydrogen) atoms. The van der Waals surface area contributed by atoms with E-state index >= 15 is 0 Å². The van der Waals surface area contributed by atoms with Gasteiger partial charge in [-0.2, -0.15) is 13.1 Å². The SMILES string of the molecule is COc1ccccc1C(=O)NCC1(c2ccccc2)CCC(NS(=O)(=O)NCCNc2ncccn2)CC1. The van der Waals surface area contributed by atoms with Crippen LogP contribution in [0.2, 0.25) is 0 Å².